The van der Waals surface area contributed by atoms with Crippen molar-refractivity contribution in [1.82, 2.24) is 15.5 Å². The lowest BCUT2D eigenvalue weighted by Gasteiger charge is -2.22. The molecule has 6 nitrogen and oxygen atoms in total. The number of methoxy groups -OCH3 is 1. The maximum atomic E-state index is 5.97. The predicted octanol–water partition coefficient (Wildman–Crippen LogP) is 3.12. The molecule has 0 bridgehead atoms. The lowest BCUT2D eigenvalue weighted by atomic mass is 10.2. The average Bonchev–Trinajstić information content (AvgIpc) is 2.93. The first-order valence-electron chi connectivity index (χ1n) is 9.69. The highest BCUT2D eigenvalue weighted by atomic mass is 127. The highest BCUT2D eigenvalue weighted by Gasteiger charge is 2.11. The normalized spacial score (nSPS) is 16.6. The van der Waals surface area contributed by atoms with E-state index in [2.05, 4.69) is 20.5 Å². The summed E-state index contributed by atoms with van der Waals surface area (Å²) < 4.78 is 11.3. The molecule has 1 aliphatic heterocycles. The van der Waals surface area contributed by atoms with Crippen LogP contribution >= 0.6 is 24.0 Å². The molecule has 0 aromatic heterocycles. The zero-order valence-corrected chi connectivity index (χ0v) is 19.2. The van der Waals surface area contributed by atoms with Crippen LogP contribution in [0.4, 0.5) is 0 Å². The fraction of sp³-hybridized carbons (Fsp3) is 0.650. The molecule has 0 radical (unpaired) electrons. The van der Waals surface area contributed by atoms with E-state index in [-0.39, 0.29) is 30.1 Å². The second-order valence-electron chi connectivity index (χ2n) is 6.72. The van der Waals surface area contributed by atoms with Crippen molar-refractivity contribution in [1.29, 1.82) is 0 Å². The Morgan fingerprint density at radius 3 is 2.41 bits per heavy atom. The fourth-order valence-corrected chi connectivity index (χ4v) is 3.13. The van der Waals surface area contributed by atoms with Gasteiger partial charge in [-0.2, -0.15) is 0 Å². The molecule has 2 N–H and O–H groups in total. The van der Waals surface area contributed by atoms with E-state index in [0.29, 0.717) is 6.54 Å². The Morgan fingerprint density at radius 2 is 1.78 bits per heavy atom. The zero-order valence-electron chi connectivity index (χ0n) is 16.9. The van der Waals surface area contributed by atoms with Crippen LogP contribution < -0.4 is 20.1 Å². The Kier molecular flexibility index (Phi) is 12.2. The molecule has 7 heteroatoms. The van der Waals surface area contributed by atoms with Gasteiger partial charge in [-0.15, -0.1) is 24.0 Å². The van der Waals surface area contributed by atoms with Gasteiger partial charge in [0.2, 0.25) is 0 Å². The summed E-state index contributed by atoms with van der Waals surface area (Å²) in [4.78, 5) is 6.84. The second kappa shape index (κ2) is 13.9. The van der Waals surface area contributed by atoms with Gasteiger partial charge in [0.05, 0.1) is 13.7 Å². The minimum atomic E-state index is -0.00421. The molecule has 27 heavy (non-hydrogen) atoms. The molecule has 154 valence electrons. The molecule has 0 saturated carbocycles. The number of hydrogen-bond acceptors (Lipinski definition) is 4. The summed E-state index contributed by atoms with van der Waals surface area (Å²) in [5, 5.41) is 6.73. The van der Waals surface area contributed by atoms with Gasteiger partial charge in [-0.1, -0.05) is 25.0 Å². The van der Waals surface area contributed by atoms with Crippen LogP contribution in [-0.4, -0.2) is 63.8 Å². The molecular weight excluding hydrogens is 455 g/mol. The summed E-state index contributed by atoms with van der Waals surface area (Å²) >= 11 is 0. The molecule has 1 atom stereocenters. The topological polar surface area (TPSA) is 58.1 Å². The molecule has 1 heterocycles. The standard InChI is InChI=1S/C20H34N4O2.HI/c1-17(26-19-11-7-6-10-18(19)25-3)16-23-20(21-2)22-12-15-24-13-8-4-5-9-14-24;/h6-7,10-11,17H,4-5,8-9,12-16H2,1-3H3,(H2,21,22,23);1H. The van der Waals surface area contributed by atoms with Gasteiger partial charge in [-0.05, 0) is 45.0 Å². The number of halogens is 1. The quantitative estimate of drug-likeness (QED) is 0.333. The third-order valence-electron chi connectivity index (χ3n) is 4.60. The lowest BCUT2D eigenvalue weighted by molar-refractivity contribution is 0.213. The van der Waals surface area contributed by atoms with E-state index < -0.39 is 0 Å². The van der Waals surface area contributed by atoms with Crippen molar-refractivity contribution in [3.8, 4) is 11.5 Å². The van der Waals surface area contributed by atoms with Crippen molar-refractivity contribution in [2.45, 2.75) is 38.7 Å². The highest BCUT2D eigenvalue weighted by Crippen LogP contribution is 2.26. The van der Waals surface area contributed by atoms with E-state index in [1.807, 2.05) is 31.2 Å². The molecule has 1 aromatic carbocycles. The maximum absolute atomic E-state index is 5.97. The van der Waals surface area contributed by atoms with Crippen molar-refractivity contribution in [3.05, 3.63) is 24.3 Å². The van der Waals surface area contributed by atoms with Crippen molar-refractivity contribution in [2.24, 2.45) is 4.99 Å². The summed E-state index contributed by atoms with van der Waals surface area (Å²) in [6.45, 7) is 7.11. The van der Waals surface area contributed by atoms with Gasteiger partial charge in [0.1, 0.15) is 6.10 Å². The number of benzene rings is 1. The van der Waals surface area contributed by atoms with E-state index >= 15 is 0 Å². The number of nitrogens with one attached hydrogen (secondary N) is 2. The summed E-state index contributed by atoms with van der Waals surface area (Å²) in [6, 6.07) is 7.70. The third kappa shape index (κ3) is 9.01. The number of ether oxygens (including phenoxy) is 2. The molecule has 1 aliphatic rings. The van der Waals surface area contributed by atoms with Gasteiger partial charge in [0.25, 0.3) is 0 Å². The van der Waals surface area contributed by atoms with Gasteiger partial charge in [0.15, 0.2) is 17.5 Å². The van der Waals surface area contributed by atoms with Crippen LogP contribution in [0.25, 0.3) is 0 Å². The van der Waals surface area contributed by atoms with E-state index in [4.69, 9.17) is 9.47 Å². The molecule has 1 fully saturated rings. The first-order valence-corrected chi connectivity index (χ1v) is 9.69. The molecule has 1 unspecified atom stereocenters. The van der Waals surface area contributed by atoms with Crippen LogP contribution in [-0.2, 0) is 0 Å². The van der Waals surface area contributed by atoms with E-state index in [1.54, 1.807) is 14.2 Å². The van der Waals surface area contributed by atoms with Gasteiger partial charge >= 0.3 is 0 Å². The van der Waals surface area contributed by atoms with Gasteiger partial charge in [0, 0.05) is 20.1 Å². The highest BCUT2D eigenvalue weighted by molar-refractivity contribution is 14.0. The first kappa shape index (κ1) is 23.8. The largest absolute Gasteiger partial charge is 0.493 e. The molecular formula is C20H35IN4O2. The Bertz CT molecular complexity index is 549. The number of likely N-dealkylation sites (tertiary alicyclic amines) is 1. The Balaban J connectivity index is 0.00000364. The van der Waals surface area contributed by atoms with Crippen molar-refractivity contribution in [3.63, 3.8) is 0 Å². The van der Waals surface area contributed by atoms with E-state index in [9.17, 15) is 0 Å². The lowest BCUT2D eigenvalue weighted by Crippen LogP contribution is -2.44. The number of rotatable bonds is 8. The molecule has 0 amide bonds. The average molecular weight is 490 g/mol. The van der Waals surface area contributed by atoms with Crippen LogP contribution in [0.3, 0.4) is 0 Å². The monoisotopic (exact) mass is 490 g/mol. The molecule has 0 aliphatic carbocycles. The summed E-state index contributed by atoms with van der Waals surface area (Å²) in [7, 11) is 3.45. The van der Waals surface area contributed by atoms with Crippen LogP contribution in [0.1, 0.15) is 32.6 Å². The van der Waals surface area contributed by atoms with Crippen LogP contribution in [0, 0.1) is 0 Å². The Hall–Kier alpha value is -1.22. The first-order chi connectivity index (χ1) is 12.7. The zero-order chi connectivity index (χ0) is 18.6. The van der Waals surface area contributed by atoms with E-state index in [1.165, 1.54) is 38.8 Å². The van der Waals surface area contributed by atoms with Crippen LogP contribution in [0.15, 0.2) is 29.3 Å². The number of aliphatic imine (C=N–C) groups is 1. The summed E-state index contributed by atoms with van der Waals surface area (Å²) in [5.41, 5.74) is 0. The molecule has 2 rings (SSSR count). The minimum Gasteiger partial charge on any atom is -0.493 e. The van der Waals surface area contributed by atoms with Crippen LogP contribution in [0.2, 0.25) is 0 Å². The Morgan fingerprint density at radius 1 is 1.11 bits per heavy atom. The Labute approximate surface area is 181 Å². The second-order valence-corrected chi connectivity index (χ2v) is 6.72. The SMILES string of the molecule is CN=C(NCCN1CCCCCC1)NCC(C)Oc1ccccc1OC.I. The predicted molar refractivity (Wildman–Crippen MR) is 123 cm³/mol. The van der Waals surface area contributed by atoms with E-state index in [0.717, 1.165) is 30.5 Å². The van der Waals surface area contributed by atoms with Gasteiger partial charge in [-0.25, -0.2) is 0 Å². The third-order valence-corrected chi connectivity index (χ3v) is 4.60. The maximum Gasteiger partial charge on any atom is 0.191 e. The summed E-state index contributed by atoms with van der Waals surface area (Å²) in [6.07, 6.45) is 5.39. The molecule has 1 saturated heterocycles. The van der Waals surface area contributed by atoms with Crippen molar-refractivity contribution < 1.29 is 9.47 Å². The molecule has 1 aromatic rings. The number of hydrogen-bond donors (Lipinski definition) is 2. The number of guanidine groups is 1. The number of para-hydroxylation sites is 2. The van der Waals surface area contributed by atoms with Gasteiger partial charge < -0.3 is 25.0 Å². The fourth-order valence-electron chi connectivity index (χ4n) is 3.13. The molecule has 0 spiro atoms. The van der Waals surface area contributed by atoms with Crippen LogP contribution in [0.5, 0.6) is 11.5 Å². The van der Waals surface area contributed by atoms with Crippen molar-refractivity contribution in [2.75, 3.05) is 46.9 Å². The smallest absolute Gasteiger partial charge is 0.191 e. The van der Waals surface area contributed by atoms with Crippen molar-refractivity contribution >= 4 is 29.9 Å². The number of nitrogens with zero attached hydrogens (tertiary/aromatic N) is 2. The summed E-state index contributed by atoms with van der Waals surface area (Å²) in [5.74, 6) is 2.32. The minimum absolute atomic E-state index is 0. The van der Waals surface area contributed by atoms with Gasteiger partial charge in [-0.3, -0.25) is 4.99 Å².